The molecule has 0 amide bonds. The minimum atomic E-state index is -0.604. The maximum Gasteiger partial charge on any atom is 0.304 e. The Morgan fingerprint density at radius 3 is 2.73 bits per heavy atom. The third kappa shape index (κ3) is 1.28. The lowest BCUT2D eigenvalue weighted by Gasteiger charge is -1.83. The van der Waals surface area contributed by atoms with Gasteiger partial charge in [-0.15, -0.1) is 11.3 Å². The van der Waals surface area contributed by atoms with E-state index in [4.69, 9.17) is 11.0 Å². The van der Waals surface area contributed by atoms with E-state index in [0.717, 1.165) is 11.3 Å². The fourth-order valence-electron chi connectivity index (χ4n) is 0.593. The van der Waals surface area contributed by atoms with Crippen LogP contribution in [-0.2, 0) is 0 Å². The summed E-state index contributed by atoms with van der Waals surface area (Å²) in [6, 6.07) is 2.94. The molecule has 56 valence electrons. The number of rotatable bonds is 1. The first kappa shape index (κ1) is 7.50. The number of nitrogens with two attached hydrogens (primary N) is 1. The average Bonchev–Trinajstić information content (AvgIpc) is 2.30. The molecule has 0 unspecified atom stereocenters. The molecule has 0 saturated carbocycles. The molecule has 2 N–H and O–H groups in total. The highest BCUT2D eigenvalue weighted by Crippen LogP contribution is 2.30. The molecule has 1 aromatic rings. The lowest BCUT2D eigenvalue weighted by Crippen LogP contribution is -1.89. The third-order valence-corrected chi connectivity index (χ3v) is 1.91. The van der Waals surface area contributed by atoms with Crippen LogP contribution in [-0.4, -0.2) is 4.92 Å². The molecule has 5 nitrogen and oxygen atoms in total. The Bertz CT molecular complexity index is 338. The lowest BCUT2D eigenvalue weighted by atomic mass is 10.4. The molecular weight excluding hydrogens is 166 g/mol. The Morgan fingerprint density at radius 2 is 2.45 bits per heavy atom. The van der Waals surface area contributed by atoms with Crippen LogP contribution < -0.4 is 5.73 Å². The Hall–Kier alpha value is -1.61. The van der Waals surface area contributed by atoms with Gasteiger partial charge in [-0.2, -0.15) is 5.26 Å². The fourth-order valence-corrected chi connectivity index (χ4v) is 1.28. The molecule has 0 saturated heterocycles. The molecule has 0 aliphatic carbocycles. The summed E-state index contributed by atoms with van der Waals surface area (Å²) < 4.78 is 0. The van der Waals surface area contributed by atoms with Gasteiger partial charge in [0.1, 0.15) is 10.9 Å². The molecule has 1 heterocycles. The second-order valence-electron chi connectivity index (χ2n) is 1.73. The average molecular weight is 169 g/mol. The second-order valence-corrected chi connectivity index (χ2v) is 2.81. The predicted octanol–water partition coefficient (Wildman–Crippen LogP) is 1.11. The summed E-state index contributed by atoms with van der Waals surface area (Å²) in [6.07, 6.45) is 0. The molecule has 0 atom stereocenters. The van der Waals surface area contributed by atoms with Crippen molar-refractivity contribution in [2.24, 2.45) is 0 Å². The van der Waals surface area contributed by atoms with E-state index < -0.39 is 4.92 Å². The van der Waals surface area contributed by atoms with Gasteiger partial charge in [-0.3, -0.25) is 10.1 Å². The summed E-state index contributed by atoms with van der Waals surface area (Å²) in [5.74, 6) is 0. The summed E-state index contributed by atoms with van der Waals surface area (Å²) in [5.41, 5.74) is 5.06. The molecule has 6 heteroatoms. The SMILES string of the molecule is N#Cc1cc([N+](=O)[O-])c(N)s1. The van der Waals surface area contributed by atoms with E-state index >= 15 is 0 Å². The standard InChI is InChI=1S/C5H3N3O2S/c6-2-3-1-4(8(9)10)5(7)11-3/h1H,7H2. The van der Waals surface area contributed by atoms with Crippen LogP contribution in [0.3, 0.4) is 0 Å². The van der Waals surface area contributed by atoms with Crippen molar-refractivity contribution in [3.63, 3.8) is 0 Å². The Morgan fingerprint density at radius 1 is 1.82 bits per heavy atom. The highest BCUT2D eigenvalue weighted by atomic mass is 32.1. The monoisotopic (exact) mass is 169 g/mol. The molecule has 11 heavy (non-hydrogen) atoms. The van der Waals surface area contributed by atoms with Gasteiger partial charge in [0.2, 0.25) is 0 Å². The van der Waals surface area contributed by atoms with Crippen molar-refractivity contribution in [3.8, 4) is 6.07 Å². The predicted molar refractivity (Wildman–Crippen MR) is 40.1 cm³/mol. The Labute approximate surface area is 65.8 Å². The van der Waals surface area contributed by atoms with Crippen LogP contribution >= 0.6 is 11.3 Å². The number of nitriles is 1. The van der Waals surface area contributed by atoms with Crippen molar-refractivity contribution in [2.45, 2.75) is 0 Å². The van der Waals surface area contributed by atoms with Crippen LogP contribution in [0.25, 0.3) is 0 Å². The normalized spacial score (nSPS) is 9.00. The quantitative estimate of drug-likeness (QED) is 0.503. The van der Waals surface area contributed by atoms with Crippen LogP contribution in [0, 0.1) is 21.4 Å². The molecule has 0 aliphatic rings. The van der Waals surface area contributed by atoms with Gasteiger partial charge >= 0.3 is 5.69 Å². The van der Waals surface area contributed by atoms with Crippen LogP contribution in [0.4, 0.5) is 10.7 Å². The van der Waals surface area contributed by atoms with Gasteiger partial charge in [-0.05, 0) is 0 Å². The zero-order chi connectivity index (χ0) is 8.43. The van der Waals surface area contributed by atoms with Crippen molar-refractivity contribution >= 4 is 22.0 Å². The minimum absolute atomic E-state index is 0.0755. The Kier molecular flexibility index (Phi) is 1.74. The van der Waals surface area contributed by atoms with Gasteiger partial charge in [-0.25, -0.2) is 0 Å². The van der Waals surface area contributed by atoms with Crippen molar-refractivity contribution in [1.29, 1.82) is 5.26 Å². The fraction of sp³-hybridized carbons (Fsp3) is 0. The van der Waals surface area contributed by atoms with E-state index in [1.54, 1.807) is 6.07 Å². The highest BCUT2D eigenvalue weighted by molar-refractivity contribution is 7.17. The number of thiophene rings is 1. The molecule has 0 fully saturated rings. The molecule has 1 aromatic heterocycles. The zero-order valence-corrected chi connectivity index (χ0v) is 6.09. The van der Waals surface area contributed by atoms with E-state index in [1.807, 2.05) is 0 Å². The maximum absolute atomic E-state index is 10.2. The minimum Gasteiger partial charge on any atom is -0.385 e. The molecule has 0 aliphatic heterocycles. The number of nitro groups is 1. The van der Waals surface area contributed by atoms with Crippen molar-refractivity contribution in [2.75, 3.05) is 5.73 Å². The number of nitrogen functional groups attached to an aromatic ring is 1. The van der Waals surface area contributed by atoms with Crippen LogP contribution in [0.1, 0.15) is 4.88 Å². The molecular formula is C5H3N3O2S. The number of hydrogen-bond donors (Lipinski definition) is 1. The van der Waals surface area contributed by atoms with Gasteiger partial charge in [0, 0.05) is 6.07 Å². The first-order chi connectivity index (χ1) is 5.15. The topological polar surface area (TPSA) is 92.9 Å². The molecule has 0 radical (unpaired) electrons. The molecule has 1 rings (SSSR count). The van der Waals surface area contributed by atoms with E-state index in [-0.39, 0.29) is 15.6 Å². The smallest absolute Gasteiger partial charge is 0.304 e. The van der Waals surface area contributed by atoms with Gasteiger partial charge in [0.15, 0.2) is 5.00 Å². The van der Waals surface area contributed by atoms with E-state index in [1.165, 1.54) is 6.07 Å². The van der Waals surface area contributed by atoms with E-state index in [2.05, 4.69) is 0 Å². The molecule has 0 aromatic carbocycles. The summed E-state index contributed by atoms with van der Waals surface area (Å²) in [6.45, 7) is 0. The zero-order valence-electron chi connectivity index (χ0n) is 5.27. The number of nitrogens with zero attached hydrogens (tertiary/aromatic N) is 2. The summed E-state index contributed by atoms with van der Waals surface area (Å²) in [7, 11) is 0. The molecule has 0 spiro atoms. The van der Waals surface area contributed by atoms with Crippen molar-refractivity contribution < 1.29 is 4.92 Å². The van der Waals surface area contributed by atoms with Crippen LogP contribution in [0.5, 0.6) is 0 Å². The van der Waals surface area contributed by atoms with Gasteiger partial charge in [0.25, 0.3) is 0 Å². The van der Waals surface area contributed by atoms with Gasteiger partial charge in [0.05, 0.1) is 4.92 Å². The van der Waals surface area contributed by atoms with Gasteiger partial charge in [-0.1, -0.05) is 0 Å². The summed E-state index contributed by atoms with van der Waals surface area (Å²) in [4.78, 5) is 9.83. The lowest BCUT2D eigenvalue weighted by molar-refractivity contribution is -0.383. The summed E-state index contributed by atoms with van der Waals surface area (Å²) >= 11 is 0.918. The van der Waals surface area contributed by atoms with Gasteiger partial charge < -0.3 is 5.73 Å². The molecule has 0 bridgehead atoms. The van der Waals surface area contributed by atoms with E-state index in [0.29, 0.717) is 0 Å². The van der Waals surface area contributed by atoms with Crippen molar-refractivity contribution in [3.05, 3.63) is 21.1 Å². The summed E-state index contributed by atoms with van der Waals surface area (Å²) in [5, 5.41) is 18.6. The third-order valence-electron chi connectivity index (χ3n) is 1.05. The van der Waals surface area contributed by atoms with Crippen LogP contribution in [0.15, 0.2) is 6.07 Å². The second kappa shape index (κ2) is 2.56. The van der Waals surface area contributed by atoms with E-state index in [9.17, 15) is 10.1 Å². The maximum atomic E-state index is 10.2. The number of anilines is 1. The first-order valence-electron chi connectivity index (χ1n) is 2.59. The van der Waals surface area contributed by atoms with Crippen LogP contribution in [0.2, 0.25) is 0 Å². The largest absolute Gasteiger partial charge is 0.385 e. The Balaban J connectivity index is 3.20. The number of hydrogen-bond acceptors (Lipinski definition) is 5. The first-order valence-corrected chi connectivity index (χ1v) is 3.40. The van der Waals surface area contributed by atoms with Crippen molar-refractivity contribution in [1.82, 2.24) is 0 Å². The highest BCUT2D eigenvalue weighted by Gasteiger charge is 2.15.